The van der Waals surface area contributed by atoms with Crippen LogP contribution in [-0.4, -0.2) is 10.4 Å². The smallest absolute Gasteiger partial charge is 0.372 e. The number of thioether (sulfide) groups is 1. The number of fused-ring (bicyclic) bond motifs is 1. The van der Waals surface area contributed by atoms with Gasteiger partial charge in [0.25, 0.3) is 0 Å². The van der Waals surface area contributed by atoms with Crippen molar-refractivity contribution in [3.8, 4) is 0 Å². The van der Waals surface area contributed by atoms with Gasteiger partial charge in [-0.25, -0.2) is 4.79 Å². The van der Waals surface area contributed by atoms with Gasteiger partial charge in [0.1, 0.15) is 5.58 Å². The minimum Gasteiger partial charge on any atom is -0.473 e. The Bertz CT molecular complexity index is 487. The SMILES string of the molecule is Cc1c(SC(=O)O)oc2ccccc12. The molecule has 1 aromatic carbocycles. The average molecular weight is 208 g/mol. The molecule has 14 heavy (non-hydrogen) atoms. The van der Waals surface area contributed by atoms with Crippen LogP contribution in [-0.2, 0) is 0 Å². The van der Waals surface area contributed by atoms with E-state index in [4.69, 9.17) is 9.52 Å². The Morgan fingerprint density at radius 3 is 2.79 bits per heavy atom. The summed E-state index contributed by atoms with van der Waals surface area (Å²) in [4.78, 5) is 10.5. The molecule has 2 aromatic rings. The molecule has 1 aromatic heterocycles. The highest BCUT2D eigenvalue weighted by molar-refractivity contribution is 8.13. The quantitative estimate of drug-likeness (QED) is 0.728. The third kappa shape index (κ3) is 1.48. The van der Waals surface area contributed by atoms with E-state index in [0.717, 1.165) is 16.5 Å². The molecule has 1 heterocycles. The highest BCUT2D eigenvalue weighted by atomic mass is 32.2. The first kappa shape index (κ1) is 9.15. The van der Waals surface area contributed by atoms with Crippen molar-refractivity contribution in [2.45, 2.75) is 12.0 Å². The summed E-state index contributed by atoms with van der Waals surface area (Å²) >= 11 is 0.701. The van der Waals surface area contributed by atoms with Crippen LogP contribution >= 0.6 is 11.8 Å². The molecule has 0 fully saturated rings. The Morgan fingerprint density at radius 1 is 1.43 bits per heavy atom. The molecule has 0 saturated heterocycles. The second-order valence-electron chi connectivity index (χ2n) is 2.88. The van der Waals surface area contributed by atoms with E-state index < -0.39 is 5.30 Å². The summed E-state index contributed by atoms with van der Waals surface area (Å²) < 4.78 is 5.39. The van der Waals surface area contributed by atoms with E-state index in [1.165, 1.54) is 0 Å². The van der Waals surface area contributed by atoms with E-state index in [-0.39, 0.29) is 0 Å². The third-order valence-electron chi connectivity index (χ3n) is 1.98. The first-order valence-corrected chi connectivity index (χ1v) is 4.89. The Morgan fingerprint density at radius 2 is 2.14 bits per heavy atom. The summed E-state index contributed by atoms with van der Waals surface area (Å²) in [6.45, 7) is 1.86. The van der Waals surface area contributed by atoms with Crippen LogP contribution in [0.3, 0.4) is 0 Å². The van der Waals surface area contributed by atoms with E-state index in [1.54, 1.807) is 0 Å². The zero-order chi connectivity index (χ0) is 10.1. The van der Waals surface area contributed by atoms with Gasteiger partial charge in [-0.2, -0.15) is 0 Å². The summed E-state index contributed by atoms with van der Waals surface area (Å²) in [6.07, 6.45) is 0. The normalized spacial score (nSPS) is 10.6. The van der Waals surface area contributed by atoms with Crippen molar-refractivity contribution >= 4 is 28.0 Å². The van der Waals surface area contributed by atoms with Crippen molar-refractivity contribution in [2.75, 3.05) is 0 Å². The van der Waals surface area contributed by atoms with Crippen LogP contribution in [0.5, 0.6) is 0 Å². The Balaban J connectivity index is 2.57. The minimum atomic E-state index is -0.952. The summed E-state index contributed by atoms with van der Waals surface area (Å²) in [6, 6.07) is 7.51. The maximum absolute atomic E-state index is 10.5. The summed E-state index contributed by atoms with van der Waals surface area (Å²) in [7, 11) is 0. The summed E-state index contributed by atoms with van der Waals surface area (Å²) in [5.74, 6) is 0. The van der Waals surface area contributed by atoms with Crippen LogP contribution in [0, 0.1) is 6.92 Å². The molecular weight excluding hydrogens is 200 g/mol. The predicted molar refractivity (Wildman–Crippen MR) is 54.8 cm³/mol. The molecule has 0 unspecified atom stereocenters. The van der Waals surface area contributed by atoms with E-state index >= 15 is 0 Å². The fraction of sp³-hybridized carbons (Fsp3) is 0.100. The topological polar surface area (TPSA) is 50.4 Å². The van der Waals surface area contributed by atoms with E-state index in [1.807, 2.05) is 31.2 Å². The molecule has 0 amide bonds. The molecule has 4 heteroatoms. The van der Waals surface area contributed by atoms with Gasteiger partial charge < -0.3 is 9.52 Å². The number of furan rings is 1. The summed E-state index contributed by atoms with van der Waals surface area (Å²) in [5, 5.41) is 9.09. The molecule has 0 atom stereocenters. The van der Waals surface area contributed by atoms with Gasteiger partial charge in [-0.05, 0) is 13.0 Å². The number of hydrogen-bond donors (Lipinski definition) is 1. The van der Waals surface area contributed by atoms with Crippen LogP contribution in [0.2, 0.25) is 0 Å². The lowest BCUT2D eigenvalue weighted by atomic mass is 10.2. The predicted octanol–water partition coefficient (Wildman–Crippen LogP) is 3.51. The Hall–Kier alpha value is -1.42. The minimum absolute atomic E-state index is 0.457. The summed E-state index contributed by atoms with van der Waals surface area (Å²) in [5.41, 5.74) is 1.61. The van der Waals surface area contributed by atoms with Crippen molar-refractivity contribution in [1.29, 1.82) is 0 Å². The maximum atomic E-state index is 10.5. The van der Waals surface area contributed by atoms with Gasteiger partial charge in [-0.1, -0.05) is 18.2 Å². The van der Waals surface area contributed by atoms with Crippen LogP contribution < -0.4 is 0 Å². The first-order valence-electron chi connectivity index (χ1n) is 4.07. The molecule has 0 bridgehead atoms. The van der Waals surface area contributed by atoms with Crippen molar-refractivity contribution < 1.29 is 14.3 Å². The highest BCUT2D eigenvalue weighted by Crippen LogP contribution is 2.32. The third-order valence-corrected chi connectivity index (χ3v) is 2.73. The van der Waals surface area contributed by atoms with Gasteiger partial charge in [0.2, 0.25) is 0 Å². The molecule has 0 aliphatic rings. The van der Waals surface area contributed by atoms with E-state index in [9.17, 15) is 4.79 Å². The van der Waals surface area contributed by atoms with Gasteiger partial charge in [0, 0.05) is 22.7 Å². The van der Waals surface area contributed by atoms with Gasteiger partial charge >= 0.3 is 5.30 Å². The standard InChI is InChI=1S/C10H8O3S/c1-6-7-4-2-3-5-8(7)13-9(6)14-10(11)12/h2-5H,1H3,(H,11,12). The number of benzene rings is 1. The number of para-hydroxylation sites is 1. The number of carboxylic acid groups (broad SMARTS) is 1. The van der Waals surface area contributed by atoms with Crippen LogP contribution in [0.4, 0.5) is 4.79 Å². The Kier molecular flexibility index (Phi) is 2.21. The number of aryl methyl sites for hydroxylation is 1. The maximum Gasteiger partial charge on any atom is 0.372 e. The second kappa shape index (κ2) is 3.38. The fourth-order valence-electron chi connectivity index (χ4n) is 1.33. The van der Waals surface area contributed by atoms with Crippen molar-refractivity contribution in [2.24, 2.45) is 0 Å². The van der Waals surface area contributed by atoms with Crippen LogP contribution in [0.15, 0.2) is 33.8 Å². The van der Waals surface area contributed by atoms with Crippen molar-refractivity contribution in [3.05, 3.63) is 29.8 Å². The zero-order valence-electron chi connectivity index (χ0n) is 7.48. The molecule has 3 nitrogen and oxygen atoms in total. The molecule has 0 saturated carbocycles. The molecule has 72 valence electrons. The van der Waals surface area contributed by atoms with Crippen LogP contribution in [0.1, 0.15) is 5.56 Å². The van der Waals surface area contributed by atoms with Gasteiger partial charge in [-0.3, -0.25) is 0 Å². The molecule has 0 aliphatic heterocycles. The first-order chi connectivity index (χ1) is 6.68. The number of carbonyl (C=O) groups is 1. The largest absolute Gasteiger partial charge is 0.473 e. The molecule has 0 radical (unpaired) electrons. The molecular formula is C10H8O3S. The molecule has 2 rings (SSSR count). The zero-order valence-corrected chi connectivity index (χ0v) is 8.30. The van der Waals surface area contributed by atoms with Crippen molar-refractivity contribution in [3.63, 3.8) is 0 Å². The number of rotatable bonds is 1. The lowest BCUT2D eigenvalue weighted by molar-refractivity contribution is 0.222. The Labute approximate surface area is 84.7 Å². The van der Waals surface area contributed by atoms with Gasteiger partial charge in [0.15, 0.2) is 5.09 Å². The molecule has 0 spiro atoms. The number of hydrogen-bond acceptors (Lipinski definition) is 3. The van der Waals surface area contributed by atoms with Gasteiger partial charge in [0.05, 0.1) is 0 Å². The van der Waals surface area contributed by atoms with Crippen molar-refractivity contribution in [1.82, 2.24) is 0 Å². The second-order valence-corrected chi connectivity index (χ2v) is 3.80. The lowest BCUT2D eigenvalue weighted by Crippen LogP contribution is -1.82. The monoisotopic (exact) mass is 208 g/mol. The van der Waals surface area contributed by atoms with E-state index in [0.29, 0.717) is 16.9 Å². The highest BCUT2D eigenvalue weighted by Gasteiger charge is 2.13. The lowest BCUT2D eigenvalue weighted by Gasteiger charge is -1.90. The molecule has 0 aliphatic carbocycles. The van der Waals surface area contributed by atoms with Gasteiger partial charge in [-0.15, -0.1) is 0 Å². The van der Waals surface area contributed by atoms with Crippen LogP contribution in [0.25, 0.3) is 11.0 Å². The molecule has 1 N–H and O–H groups in total. The van der Waals surface area contributed by atoms with E-state index in [2.05, 4.69) is 0 Å². The average Bonchev–Trinajstić information content (AvgIpc) is 2.44. The fourth-order valence-corrected chi connectivity index (χ4v) is 1.88.